The number of rotatable bonds is 8. The van der Waals surface area contributed by atoms with Gasteiger partial charge in [-0.05, 0) is 31.2 Å². The Morgan fingerprint density at radius 3 is 2.53 bits per heavy atom. The lowest BCUT2D eigenvalue weighted by Crippen LogP contribution is -2.52. The van der Waals surface area contributed by atoms with Gasteiger partial charge in [-0.25, -0.2) is 17.2 Å². The van der Waals surface area contributed by atoms with Gasteiger partial charge < -0.3 is 20.9 Å². The van der Waals surface area contributed by atoms with Crippen LogP contribution >= 0.6 is 11.6 Å². The van der Waals surface area contributed by atoms with E-state index < -0.39 is 63.2 Å². The summed E-state index contributed by atoms with van der Waals surface area (Å²) < 4.78 is 92.2. The molecule has 2 saturated heterocycles. The summed E-state index contributed by atoms with van der Waals surface area (Å²) in [5, 5.41) is 6.66. The van der Waals surface area contributed by atoms with Crippen LogP contribution in [0.25, 0.3) is 0 Å². The van der Waals surface area contributed by atoms with Crippen molar-refractivity contribution in [2.75, 3.05) is 55.2 Å². The first-order chi connectivity index (χ1) is 20.2. The Morgan fingerprint density at radius 2 is 1.86 bits per heavy atom. The van der Waals surface area contributed by atoms with Crippen LogP contribution in [0.4, 0.5) is 33.3 Å². The number of hydrogen-bond acceptors (Lipinski definition) is 7. The predicted octanol–water partition coefficient (Wildman–Crippen LogP) is 3.34. The molecule has 43 heavy (non-hydrogen) atoms. The van der Waals surface area contributed by atoms with Gasteiger partial charge in [-0.3, -0.25) is 14.5 Å². The number of sulfone groups is 1. The molecular weight excluding hydrogens is 621 g/mol. The highest BCUT2D eigenvalue weighted by atomic mass is 35.5. The number of benzene rings is 2. The van der Waals surface area contributed by atoms with E-state index in [-0.39, 0.29) is 42.7 Å². The minimum Gasteiger partial charge on any atom is -0.365 e. The molecule has 0 aromatic heterocycles. The number of halogens is 6. The van der Waals surface area contributed by atoms with Crippen molar-refractivity contribution in [3.05, 3.63) is 58.1 Å². The topological polar surface area (TPSA) is 111 Å². The van der Waals surface area contributed by atoms with Crippen LogP contribution in [0.2, 0.25) is 5.02 Å². The number of amides is 2. The second kappa shape index (κ2) is 13.3. The molecule has 2 aliphatic heterocycles. The first kappa shape index (κ1) is 32.9. The summed E-state index contributed by atoms with van der Waals surface area (Å²) in [4.78, 5) is 29.0. The van der Waals surface area contributed by atoms with Crippen LogP contribution < -0.4 is 20.9 Å². The van der Waals surface area contributed by atoms with Crippen molar-refractivity contribution in [3.63, 3.8) is 0 Å². The zero-order valence-electron chi connectivity index (χ0n) is 23.1. The molecule has 0 radical (unpaired) electrons. The molecule has 0 unspecified atom stereocenters. The molecule has 2 fully saturated rings. The molecule has 2 heterocycles. The third-order valence-electron chi connectivity index (χ3n) is 7.42. The Balaban J connectivity index is 1.45. The molecule has 2 aromatic rings. The van der Waals surface area contributed by atoms with E-state index in [1.54, 1.807) is 11.0 Å². The number of carbonyl (C=O) groups excluding carboxylic acids is 2. The minimum absolute atomic E-state index is 0.0939. The van der Waals surface area contributed by atoms with E-state index in [0.717, 1.165) is 12.1 Å². The molecule has 9 nitrogen and oxygen atoms in total. The Morgan fingerprint density at radius 1 is 1.12 bits per heavy atom. The molecule has 2 aliphatic rings. The molecule has 2 amide bonds. The number of anilines is 2. The van der Waals surface area contributed by atoms with Crippen LogP contribution in [0.3, 0.4) is 0 Å². The van der Waals surface area contributed by atoms with Crippen LogP contribution in [-0.4, -0.2) is 87.6 Å². The van der Waals surface area contributed by atoms with Crippen molar-refractivity contribution in [2.45, 2.75) is 37.4 Å². The minimum atomic E-state index is -4.26. The number of nitrogens with one attached hydrogen (secondary N) is 3. The van der Waals surface area contributed by atoms with Crippen molar-refractivity contribution < 1.29 is 40.0 Å². The Labute approximate surface area is 250 Å². The largest absolute Gasteiger partial charge is 0.390 e. The molecule has 3 N–H and O–H groups in total. The summed E-state index contributed by atoms with van der Waals surface area (Å²) in [7, 11) is -3.67. The van der Waals surface area contributed by atoms with Gasteiger partial charge in [0.2, 0.25) is 5.91 Å². The van der Waals surface area contributed by atoms with Gasteiger partial charge in [0.05, 0.1) is 29.1 Å². The third-order valence-corrected chi connectivity index (χ3v) is 9.68. The van der Waals surface area contributed by atoms with Crippen LogP contribution in [0.15, 0.2) is 30.3 Å². The van der Waals surface area contributed by atoms with E-state index in [1.165, 1.54) is 12.1 Å². The molecule has 0 aliphatic carbocycles. The van der Waals surface area contributed by atoms with Crippen molar-refractivity contribution in [2.24, 2.45) is 0 Å². The predicted molar refractivity (Wildman–Crippen MR) is 152 cm³/mol. The van der Waals surface area contributed by atoms with Gasteiger partial charge >= 0.3 is 6.18 Å². The normalized spacial score (nSPS) is 21.0. The summed E-state index contributed by atoms with van der Waals surface area (Å²) >= 11 is 6.20. The van der Waals surface area contributed by atoms with Crippen LogP contribution in [0, 0.1) is 11.6 Å². The molecule has 0 bridgehead atoms. The van der Waals surface area contributed by atoms with Crippen molar-refractivity contribution in [1.82, 2.24) is 15.5 Å². The fourth-order valence-electron chi connectivity index (χ4n) is 5.09. The lowest BCUT2D eigenvalue weighted by molar-refractivity contribution is -0.138. The molecule has 16 heteroatoms. The van der Waals surface area contributed by atoms with Crippen LogP contribution in [-0.2, 0) is 21.2 Å². The average molecular weight is 652 g/mol. The summed E-state index contributed by atoms with van der Waals surface area (Å²) in [6.07, 6.45) is -5.19. The second-order valence-electron chi connectivity index (χ2n) is 10.5. The maximum atomic E-state index is 15.0. The summed E-state index contributed by atoms with van der Waals surface area (Å²) in [5.74, 6) is -4.87. The highest BCUT2D eigenvalue weighted by molar-refractivity contribution is 7.92. The van der Waals surface area contributed by atoms with Gasteiger partial charge in [0, 0.05) is 62.4 Å². The van der Waals surface area contributed by atoms with E-state index in [0.29, 0.717) is 30.3 Å². The number of alkyl halides is 3. The standard InChI is InChI=1S/C27H31ClF5N5O4S/c1-16-15-37(8-6-27(31,32)33)9-10-38(16)21-12-18(28)3-5-20(21)36-25(39)19-4-2-17(23(29)24(19)30)13-35-26(40)22-14-34-7-11-43(22,41)42/h2-5,12,16,22,34H,6-11,13-15H2,1H3,(H,35,40)(H,36,39)/t16-,22-/m1/s1. The maximum absolute atomic E-state index is 15.0. The molecule has 2 atom stereocenters. The SMILES string of the molecule is C[C@@H]1CN(CCC(F)(F)F)CCN1c1cc(Cl)ccc1NC(=O)c1ccc(CNC(=O)[C@H]2CNCCS2(=O)=O)c(F)c1F. The first-order valence-corrected chi connectivity index (χ1v) is 15.6. The van der Waals surface area contributed by atoms with E-state index in [2.05, 4.69) is 16.0 Å². The Bertz CT molecular complexity index is 1480. The Hall–Kier alpha value is -3.01. The van der Waals surface area contributed by atoms with Gasteiger partial charge in [-0.2, -0.15) is 13.2 Å². The highest BCUT2D eigenvalue weighted by Gasteiger charge is 2.35. The fraction of sp³-hybridized carbons (Fsp3) is 0.481. The van der Waals surface area contributed by atoms with E-state index >= 15 is 4.39 Å². The summed E-state index contributed by atoms with van der Waals surface area (Å²) in [5.41, 5.74) is -0.190. The lowest BCUT2D eigenvalue weighted by Gasteiger charge is -2.42. The van der Waals surface area contributed by atoms with Gasteiger partial charge in [0.15, 0.2) is 26.7 Å². The van der Waals surface area contributed by atoms with E-state index in [9.17, 15) is 35.6 Å². The van der Waals surface area contributed by atoms with Crippen LogP contribution in [0.1, 0.15) is 29.3 Å². The summed E-state index contributed by atoms with van der Waals surface area (Å²) in [6, 6.07) is 6.47. The summed E-state index contributed by atoms with van der Waals surface area (Å²) in [6.45, 7) is 2.31. The second-order valence-corrected chi connectivity index (χ2v) is 13.2. The quantitative estimate of drug-likeness (QED) is 0.376. The van der Waals surface area contributed by atoms with E-state index in [1.807, 2.05) is 11.8 Å². The number of hydrogen-bond donors (Lipinski definition) is 3. The van der Waals surface area contributed by atoms with Crippen molar-refractivity contribution >= 4 is 44.6 Å². The highest BCUT2D eigenvalue weighted by Crippen LogP contribution is 2.33. The fourth-order valence-corrected chi connectivity index (χ4v) is 6.75. The molecular formula is C27H31ClF5N5O4S. The lowest BCUT2D eigenvalue weighted by atomic mass is 10.1. The number of nitrogens with zero attached hydrogens (tertiary/aromatic N) is 2. The Kier molecular flexibility index (Phi) is 10.2. The monoisotopic (exact) mass is 651 g/mol. The molecule has 0 spiro atoms. The molecule has 2 aromatic carbocycles. The zero-order valence-corrected chi connectivity index (χ0v) is 24.7. The maximum Gasteiger partial charge on any atom is 0.390 e. The van der Waals surface area contributed by atoms with E-state index in [4.69, 9.17) is 11.6 Å². The van der Waals surface area contributed by atoms with Crippen molar-refractivity contribution in [1.29, 1.82) is 0 Å². The zero-order chi connectivity index (χ0) is 31.5. The smallest absolute Gasteiger partial charge is 0.365 e. The van der Waals surface area contributed by atoms with Gasteiger partial charge in [0.1, 0.15) is 0 Å². The number of piperazine rings is 1. The molecule has 0 saturated carbocycles. The van der Waals surface area contributed by atoms with Gasteiger partial charge in [0.25, 0.3) is 5.91 Å². The van der Waals surface area contributed by atoms with Gasteiger partial charge in [-0.15, -0.1) is 0 Å². The van der Waals surface area contributed by atoms with Gasteiger partial charge in [-0.1, -0.05) is 17.7 Å². The molecule has 236 valence electrons. The molecule has 4 rings (SSSR count). The third kappa shape index (κ3) is 8.13. The average Bonchev–Trinajstić information content (AvgIpc) is 2.93. The van der Waals surface area contributed by atoms with Crippen LogP contribution in [0.5, 0.6) is 0 Å². The first-order valence-electron chi connectivity index (χ1n) is 13.5. The number of carbonyl (C=O) groups is 2. The van der Waals surface area contributed by atoms with Crippen molar-refractivity contribution in [3.8, 4) is 0 Å².